The molecular weight excluding hydrogens is 442 g/mol. The zero-order valence-electron chi connectivity index (χ0n) is 16.2. The van der Waals surface area contributed by atoms with E-state index in [0.717, 1.165) is 32.3 Å². The normalized spacial score (nSPS) is 10.8. The molecule has 0 radical (unpaired) electrons. The molecule has 6 heteroatoms. The Kier molecular flexibility index (Phi) is 6.05. The summed E-state index contributed by atoms with van der Waals surface area (Å²) in [5.41, 5.74) is 2.81. The lowest BCUT2D eigenvalue weighted by atomic mass is 10.1. The SMILES string of the molecule is O=C(O)CCN(Cc1ccccc1)c1nc(-c2cccc(Br)c2)nc2ccccc12. The zero-order valence-corrected chi connectivity index (χ0v) is 17.8. The third kappa shape index (κ3) is 4.66. The van der Waals surface area contributed by atoms with Crippen LogP contribution in [0, 0.1) is 0 Å². The first-order valence-corrected chi connectivity index (χ1v) is 10.4. The molecule has 0 fully saturated rings. The number of carbonyl (C=O) groups is 1. The Balaban J connectivity index is 1.84. The van der Waals surface area contributed by atoms with Crippen LogP contribution in [0.3, 0.4) is 0 Å². The van der Waals surface area contributed by atoms with Crippen LogP contribution in [0.15, 0.2) is 83.3 Å². The lowest BCUT2D eigenvalue weighted by Crippen LogP contribution is -2.27. The van der Waals surface area contributed by atoms with Crippen molar-refractivity contribution in [2.24, 2.45) is 0 Å². The van der Waals surface area contributed by atoms with Crippen LogP contribution < -0.4 is 4.90 Å². The van der Waals surface area contributed by atoms with Gasteiger partial charge in [0, 0.05) is 28.5 Å². The number of hydrogen-bond donors (Lipinski definition) is 1. The Bertz CT molecular complexity index is 1180. The number of aliphatic carboxylic acids is 1. The molecule has 5 nitrogen and oxygen atoms in total. The van der Waals surface area contributed by atoms with Gasteiger partial charge in [0.2, 0.25) is 0 Å². The summed E-state index contributed by atoms with van der Waals surface area (Å²) < 4.78 is 0.949. The molecule has 0 spiro atoms. The van der Waals surface area contributed by atoms with Crippen molar-refractivity contribution in [1.29, 1.82) is 0 Å². The fourth-order valence-electron chi connectivity index (χ4n) is 3.35. The average Bonchev–Trinajstić information content (AvgIpc) is 2.76. The fraction of sp³-hybridized carbons (Fsp3) is 0.125. The topological polar surface area (TPSA) is 66.3 Å². The van der Waals surface area contributed by atoms with E-state index in [2.05, 4.69) is 15.9 Å². The number of nitrogens with zero attached hydrogens (tertiary/aromatic N) is 3. The molecular formula is C24H20BrN3O2. The standard InChI is InChI=1S/C24H20BrN3O2/c25-19-10-6-9-18(15-19)23-26-21-12-5-4-11-20(21)24(27-23)28(14-13-22(29)30)16-17-7-2-1-3-8-17/h1-12,15H,13-14,16H2,(H,29,30). The van der Waals surface area contributed by atoms with Crippen LogP contribution in [0.4, 0.5) is 5.82 Å². The molecule has 0 atom stereocenters. The zero-order chi connectivity index (χ0) is 20.9. The number of hydrogen-bond acceptors (Lipinski definition) is 4. The molecule has 30 heavy (non-hydrogen) atoms. The maximum atomic E-state index is 11.3. The van der Waals surface area contributed by atoms with Crippen LogP contribution >= 0.6 is 15.9 Å². The Morgan fingerprint density at radius 3 is 2.47 bits per heavy atom. The molecule has 0 unspecified atom stereocenters. The van der Waals surface area contributed by atoms with E-state index in [1.807, 2.05) is 83.8 Å². The Morgan fingerprint density at radius 1 is 0.933 bits per heavy atom. The third-order valence-electron chi connectivity index (χ3n) is 4.78. The first-order chi connectivity index (χ1) is 14.6. The molecule has 1 heterocycles. The van der Waals surface area contributed by atoms with Crippen molar-refractivity contribution in [2.75, 3.05) is 11.4 Å². The van der Waals surface area contributed by atoms with Gasteiger partial charge >= 0.3 is 5.97 Å². The van der Waals surface area contributed by atoms with E-state index in [-0.39, 0.29) is 6.42 Å². The minimum absolute atomic E-state index is 0.0252. The van der Waals surface area contributed by atoms with Gasteiger partial charge in [-0.15, -0.1) is 0 Å². The van der Waals surface area contributed by atoms with Gasteiger partial charge in [-0.05, 0) is 29.8 Å². The van der Waals surface area contributed by atoms with Crippen molar-refractivity contribution >= 4 is 38.6 Å². The van der Waals surface area contributed by atoms with Gasteiger partial charge in [0.15, 0.2) is 5.82 Å². The van der Waals surface area contributed by atoms with E-state index in [0.29, 0.717) is 18.9 Å². The molecule has 0 bridgehead atoms. The van der Waals surface area contributed by atoms with Crippen molar-refractivity contribution < 1.29 is 9.90 Å². The highest BCUT2D eigenvalue weighted by Gasteiger charge is 2.17. The fourth-order valence-corrected chi connectivity index (χ4v) is 3.75. The number of carboxylic acids is 1. The summed E-state index contributed by atoms with van der Waals surface area (Å²) in [5, 5.41) is 10.2. The molecule has 0 aliphatic carbocycles. The van der Waals surface area contributed by atoms with Crippen LogP contribution in [0.1, 0.15) is 12.0 Å². The van der Waals surface area contributed by atoms with Crippen LogP contribution in [-0.2, 0) is 11.3 Å². The molecule has 3 aromatic carbocycles. The van der Waals surface area contributed by atoms with Gasteiger partial charge in [-0.25, -0.2) is 9.97 Å². The summed E-state index contributed by atoms with van der Waals surface area (Å²) in [6.45, 7) is 0.913. The molecule has 4 rings (SSSR count). The molecule has 0 saturated heterocycles. The summed E-state index contributed by atoms with van der Waals surface area (Å²) in [6.07, 6.45) is 0.0252. The van der Waals surface area contributed by atoms with Gasteiger partial charge in [0.1, 0.15) is 5.82 Å². The van der Waals surface area contributed by atoms with Gasteiger partial charge < -0.3 is 10.0 Å². The minimum atomic E-state index is -0.835. The van der Waals surface area contributed by atoms with Gasteiger partial charge in [-0.1, -0.05) is 70.5 Å². The van der Waals surface area contributed by atoms with E-state index in [4.69, 9.17) is 9.97 Å². The van der Waals surface area contributed by atoms with Crippen LogP contribution in [0.25, 0.3) is 22.3 Å². The van der Waals surface area contributed by atoms with Crippen molar-refractivity contribution in [2.45, 2.75) is 13.0 Å². The number of fused-ring (bicyclic) bond motifs is 1. The molecule has 150 valence electrons. The predicted octanol–water partition coefficient (Wildman–Crippen LogP) is 5.54. The van der Waals surface area contributed by atoms with E-state index >= 15 is 0 Å². The second kappa shape index (κ2) is 9.05. The maximum absolute atomic E-state index is 11.3. The summed E-state index contributed by atoms with van der Waals surface area (Å²) in [6, 6.07) is 25.7. The Labute approximate surface area is 183 Å². The summed E-state index contributed by atoms with van der Waals surface area (Å²) >= 11 is 3.51. The van der Waals surface area contributed by atoms with Gasteiger partial charge in [0.25, 0.3) is 0 Å². The highest BCUT2D eigenvalue weighted by Crippen LogP contribution is 2.29. The van der Waals surface area contributed by atoms with E-state index in [9.17, 15) is 9.90 Å². The summed E-state index contributed by atoms with van der Waals surface area (Å²) in [7, 11) is 0. The lowest BCUT2D eigenvalue weighted by Gasteiger charge is -2.25. The third-order valence-corrected chi connectivity index (χ3v) is 5.27. The van der Waals surface area contributed by atoms with Gasteiger partial charge in [-0.3, -0.25) is 4.79 Å². The van der Waals surface area contributed by atoms with Crippen molar-refractivity contribution in [3.8, 4) is 11.4 Å². The molecule has 0 amide bonds. The molecule has 1 aromatic heterocycles. The minimum Gasteiger partial charge on any atom is -0.481 e. The monoisotopic (exact) mass is 461 g/mol. The van der Waals surface area contributed by atoms with Gasteiger partial charge in [0.05, 0.1) is 11.9 Å². The van der Waals surface area contributed by atoms with Crippen LogP contribution in [-0.4, -0.2) is 27.6 Å². The first-order valence-electron chi connectivity index (χ1n) is 9.63. The first kappa shape index (κ1) is 20.0. The van der Waals surface area contributed by atoms with E-state index in [1.165, 1.54) is 0 Å². The molecule has 1 N–H and O–H groups in total. The van der Waals surface area contributed by atoms with E-state index in [1.54, 1.807) is 0 Å². The number of carboxylic acid groups (broad SMARTS) is 1. The second-order valence-corrected chi connectivity index (χ2v) is 7.86. The number of para-hydroxylation sites is 1. The quantitative estimate of drug-likeness (QED) is 0.391. The van der Waals surface area contributed by atoms with Crippen LogP contribution in [0.5, 0.6) is 0 Å². The maximum Gasteiger partial charge on any atom is 0.305 e. The number of aromatic nitrogens is 2. The number of anilines is 1. The highest BCUT2D eigenvalue weighted by molar-refractivity contribution is 9.10. The summed E-state index contributed by atoms with van der Waals surface area (Å²) in [5.74, 6) is 0.512. The Morgan fingerprint density at radius 2 is 1.70 bits per heavy atom. The number of rotatable bonds is 7. The predicted molar refractivity (Wildman–Crippen MR) is 122 cm³/mol. The van der Waals surface area contributed by atoms with Crippen molar-refractivity contribution in [3.63, 3.8) is 0 Å². The van der Waals surface area contributed by atoms with Gasteiger partial charge in [-0.2, -0.15) is 0 Å². The van der Waals surface area contributed by atoms with Crippen LogP contribution in [0.2, 0.25) is 0 Å². The average molecular weight is 462 g/mol. The highest BCUT2D eigenvalue weighted by atomic mass is 79.9. The molecule has 0 aliphatic heterocycles. The largest absolute Gasteiger partial charge is 0.481 e. The van der Waals surface area contributed by atoms with E-state index < -0.39 is 5.97 Å². The second-order valence-electron chi connectivity index (χ2n) is 6.95. The Hall–Kier alpha value is -3.25. The number of benzene rings is 3. The van der Waals surface area contributed by atoms with Crippen molar-refractivity contribution in [3.05, 3.63) is 88.9 Å². The number of halogens is 1. The lowest BCUT2D eigenvalue weighted by molar-refractivity contribution is -0.136. The molecule has 4 aromatic rings. The molecule has 0 saturated carbocycles. The molecule has 0 aliphatic rings. The summed E-state index contributed by atoms with van der Waals surface area (Å²) in [4.78, 5) is 23.0. The smallest absolute Gasteiger partial charge is 0.305 e. The van der Waals surface area contributed by atoms with Crippen molar-refractivity contribution in [1.82, 2.24) is 9.97 Å².